The van der Waals surface area contributed by atoms with E-state index in [1.807, 2.05) is 44.2 Å². The van der Waals surface area contributed by atoms with E-state index in [0.29, 0.717) is 28.1 Å². The van der Waals surface area contributed by atoms with Crippen molar-refractivity contribution >= 4 is 40.0 Å². The smallest absolute Gasteiger partial charge is 0.336 e. The van der Waals surface area contributed by atoms with Crippen LogP contribution in [0.1, 0.15) is 21.5 Å². The molecule has 0 amide bonds. The van der Waals surface area contributed by atoms with Crippen LogP contribution in [0.4, 0.5) is 5.69 Å². The van der Waals surface area contributed by atoms with E-state index in [2.05, 4.69) is 4.99 Å². The van der Waals surface area contributed by atoms with Crippen molar-refractivity contribution in [3.63, 3.8) is 0 Å². The maximum absolute atomic E-state index is 11.8. The maximum Gasteiger partial charge on any atom is 0.336 e. The van der Waals surface area contributed by atoms with Gasteiger partial charge in [-0.3, -0.25) is 0 Å². The lowest BCUT2D eigenvalue weighted by Gasteiger charge is -2.11. The Morgan fingerprint density at radius 3 is 2.69 bits per heavy atom. The van der Waals surface area contributed by atoms with Crippen LogP contribution in [-0.4, -0.2) is 27.8 Å². The van der Waals surface area contributed by atoms with Gasteiger partial charge in [0.15, 0.2) is 0 Å². The molecular formula is C20H18ClN3O2. The molecule has 0 fully saturated rings. The van der Waals surface area contributed by atoms with E-state index < -0.39 is 5.97 Å². The average Bonchev–Trinajstić information content (AvgIpc) is 2.61. The summed E-state index contributed by atoms with van der Waals surface area (Å²) in [5.74, 6) is -0.530. The molecule has 26 heavy (non-hydrogen) atoms. The fraction of sp³-hybridized carbons (Fsp3) is 0.150. The molecule has 0 spiro atoms. The van der Waals surface area contributed by atoms with E-state index in [-0.39, 0.29) is 11.4 Å². The van der Waals surface area contributed by atoms with Gasteiger partial charge in [-0.05, 0) is 43.7 Å². The molecule has 3 aromatic rings. The van der Waals surface area contributed by atoms with Crippen LogP contribution in [0.5, 0.6) is 0 Å². The molecule has 0 unspecified atom stereocenters. The Balaban J connectivity index is 2.23. The van der Waals surface area contributed by atoms with Crippen LogP contribution in [0.2, 0.25) is 0 Å². The molecule has 132 valence electrons. The number of benzene rings is 2. The first-order chi connectivity index (χ1) is 12.4. The second kappa shape index (κ2) is 7.14. The number of nitrogens with two attached hydrogens (primary N) is 1. The van der Waals surface area contributed by atoms with Gasteiger partial charge in [-0.1, -0.05) is 23.8 Å². The number of halogens is 1. The number of pyridine rings is 1. The Bertz CT molecular complexity index is 1040. The van der Waals surface area contributed by atoms with E-state index in [1.54, 1.807) is 12.1 Å². The van der Waals surface area contributed by atoms with Gasteiger partial charge in [0, 0.05) is 10.9 Å². The molecule has 0 saturated carbocycles. The number of hydrogen-bond donors (Lipinski definition) is 2. The number of hydrogen-bond acceptors (Lipinski definition) is 3. The Morgan fingerprint density at radius 1 is 1.23 bits per heavy atom. The molecule has 0 radical (unpaired) electrons. The fourth-order valence-electron chi connectivity index (χ4n) is 2.94. The lowest BCUT2D eigenvalue weighted by molar-refractivity contribution is 0.0699. The summed E-state index contributed by atoms with van der Waals surface area (Å²) >= 11 is 5.68. The number of carboxylic acids is 1. The zero-order valence-corrected chi connectivity index (χ0v) is 15.2. The molecule has 6 heteroatoms. The van der Waals surface area contributed by atoms with Gasteiger partial charge in [-0.15, -0.1) is 11.6 Å². The van der Waals surface area contributed by atoms with E-state index in [9.17, 15) is 9.90 Å². The molecule has 1 heterocycles. The second-order valence-electron chi connectivity index (χ2n) is 6.13. The minimum atomic E-state index is -0.982. The summed E-state index contributed by atoms with van der Waals surface area (Å²) < 4.78 is 0. The summed E-state index contributed by atoms with van der Waals surface area (Å²) in [6, 6.07) is 12.7. The molecule has 3 rings (SSSR count). The van der Waals surface area contributed by atoms with Gasteiger partial charge in [-0.2, -0.15) is 0 Å². The van der Waals surface area contributed by atoms with E-state index in [0.717, 1.165) is 16.7 Å². The van der Waals surface area contributed by atoms with Gasteiger partial charge >= 0.3 is 5.97 Å². The molecule has 0 atom stereocenters. The normalized spacial score (nSPS) is 11.7. The number of aryl methyl sites for hydroxylation is 2. The number of aromatic nitrogens is 1. The van der Waals surface area contributed by atoms with Crippen molar-refractivity contribution in [1.29, 1.82) is 0 Å². The number of alkyl halides is 1. The third kappa shape index (κ3) is 3.53. The summed E-state index contributed by atoms with van der Waals surface area (Å²) in [7, 11) is 0. The van der Waals surface area contributed by atoms with Crippen LogP contribution in [0, 0.1) is 13.8 Å². The van der Waals surface area contributed by atoms with Crippen molar-refractivity contribution in [2.75, 3.05) is 5.88 Å². The zero-order chi connectivity index (χ0) is 18.8. The predicted octanol–water partition coefficient (Wildman–Crippen LogP) is 4.44. The van der Waals surface area contributed by atoms with Gasteiger partial charge in [0.05, 0.1) is 28.3 Å². The Hall–Kier alpha value is -2.92. The minimum absolute atomic E-state index is 0.139. The maximum atomic E-state index is 11.8. The van der Waals surface area contributed by atoms with Crippen LogP contribution in [-0.2, 0) is 0 Å². The van der Waals surface area contributed by atoms with Gasteiger partial charge in [0.1, 0.15) is 5.84 Å². The molecule has 0 aliphatic heterocycles. The summed E-state index contributed by atoms with van der Waals surface area (Å²) in [6.07, 6.45) is 0. The molecular weight excluding hydrogens is 350 g/mol. The highest BCUT2D eigenvalue weighted by atomic mass is 35.5. The van der Waals surface area contributed by atoms with Crippen LogP contribution in [0.15, 0.2) is 47.5 Å². The van der Waals surface area contributed by atoms with Crippen LogP contribution < -0.4 is 5.73 Å². The van der Waals surface area contributed by atoms with Crippen molar-refractivity contribution in [3.8, 4) is 11.3 Å². The number of fused-ring (bicyclic) bond motifs is 1. The van der Waals surface area contributed by atoms with Gasteiger partial charge in [-0.25, -0.2) is 14.8 Å². The van der Waals surface area contributed by atoms with Crippen LogP contribution in [0.25, 0.3) is 22.2 Å². The van der Waals surface area contributed by atoms with Gasteiger partial charge < -0.3 is 10.8 Å². The predicted molar refractivity (Wildman–Crippen MR) is 106 cm³/mol. The number of carboxylic acid groups (broad SMARTS) is 1. The summed E-state index contributed by atoms with van der Waals surface area (Å²) in [6.45, 7) is 3.87. The third-order valence-corrected chi connectivity index (χ3v) is 4.30. The second-order valence-corrected chi connectivity index (χ2v) is 6.39. The highest BCUT2D eigenvalue weighted by Gasteiger charge is 2.15. The summed E-state index contributed by atoms with van der Waals surface area (Å²) in [5.41, 5.74) is 10.5. The molecule has 0 saturated heterocycles. The van der Waals surface area contributed by atoms with E-state index in [1.165, 1.54) is 0 Å². The number of amidine groups is 1. The first kappa shape index (κ1) is 17.9. The molecule has 0 aliphatic rings. The van der Waals surface area contributed by atoms with Crippen molar-refractivity contribution in [3.05, 3.63) is 59.2 Å². The first-order valence-corrected chi connectivity index (χ1v) is 8.57. The van der Waals surface area contributed by atoms with Gasteiger partial charge in [0.2, 0.25) is 0 Å². The molecule has 3 N–H and O–H groups in total. The number of carbonyl (C=O) groups is 1. The number of nitrogens with zero attached hydrogens (tertiary/aromatic N) is 2. The average molecular weight is 368 g/mol. The van der Waals surface area contributed by atoms with Crippen LogP contribution >= 0.6 is 11.6 Å². The number of aromatic carboxylic acids is 1. The molecule has 0 bridgehead atoms. The fourth-order valence-corrected chi connectivity index (χ4v) is 3.00. The van der Waals surface area contributed by atoms with Crippen LogP contribution in [0.3, 0.4) is 0 Å². The quantitative estimate of drug-likeness (QED) is 0.405. The van der Waals surface area contributed by atoms with Crippen molar-refractivity contribution in [2.24, 2.45) is 10.7 Å². The first-order valence-electron chi connectivity index (χ1n) is 8.04. The molecule has 0 aliphatic carbocycles. The highest BCUT2D eigenvalue weighted by Crippen LogP contribution is 2.29. The highest BCUT2D eigenvalue weighted by molar-refractivity contribution is 6.28. The number of aliphatic imine (C=N–C) groups is 1. The number of rotatable bonds is 4. The van der Waals surface area contributed by atoms with Gasteiger partial charge in [0.25, 0.3) is 0 Å². The van der Waals surface area contributed by atoms with E-state index >= 15 is 0 Å². The largest absolute Gasteiger partial charge is 0.478 e. The SMILES string of the molecule is Cc1cc(C)c2nc(-c3cccc(N=C(N)CCl)c3)cc(C(=O)O)c2c1. The topological polar surface area (TPSA) is 88.6 Å². The van der Waals surface area contributed by atoms with E-state index in [4.69, 9.17) is 22.3 Å². The molecule has 2 aromatic carbocycles. The monoisotopic (exact) mass is 367 g/mol. The zero-order valence-electron chi connectivity index (χ0n) is 14.5. The lowest BCUT2D eigenvalue weighted by atomic mass is 10.00. The Kier molecular flexibility index (Phi) is 4.91. The standard InChI is InChI=1S/C20H18ClN3O2/c1-11-6-12(2)19-15(7-11)16(20(25)26)9-17(24-19)13-4-3-5-14(8-13)23-18(22)10-21/h3-9H,10H2,1-2H3,(H2,22,23)(H,25,26). The van der Waals surface area contributed by atoms with Crippen molar-refractivity contribution < 1.29 is 9.90 Å². The third-order valence-electron chi connectivity index (χ3n) is 4.03. The van der Waals surface area contributed by atoms with Crippen molar-refractivity contribution in [2.45, 2.75) is 13.8 Å². The summed E-state index contributed by atoms with van der Waals surface area (Å²) in [4.78, 5) is 20.7. The molecule has 5 nitrogen and oxygen atoms in total. The minimum Gasteiger partial charge on any atom is -0.478 e. The Morgan fingerprint density at radius 2 is 2.00 bits per heavy atom. The van der Waals surface area contributed by atoms with Crippen molar-refractivity contribution in [1.82, 2.24) is 4.98 Å². The summed E-state index contributed by atoms with van der Waals surface area (Å²) in [5, 5.41) is 10.3. The lowest BCUT2D eigenvalue weighted by Crippen LogP contribution is -2.12. The Labute approximate surface area is 156 Å². The molecule has 1 aromatic heterocycles.